The molecular formula is C23H22N2O2S2. The Morgan fingerprint density at radius 2 is 1.90 bits per heavy atom. The molecule has 1 saturated heterocycles. The minimum absolute atomic E-state index is 0.100. The Balaban J connectivity index is 1.68. The van der Waals surface area contributed by atoms with Crippen molar-refractivity contribution in [2.75, 3.05) is 11.9 Å². The van der Waals surface area contributed by atoms with Crippen molar-refractivity contribution >= 4 is 51.9 Å². The average molecular weight is 423 g/mol. The molecule has 3 rings (SSSR count). The first-order valence-electron chi connectivity index (χ1n) is 9.19. The van der Waals surface area contributed by atoms with Crippen LogP contribution in [-0.2, 0) is 9.59 Å². The van der Waals surface area contributed by atoms with Crippen molar-refractivity contribution < 1.29 is 9.59 Å². The van der Waals surface area contributed by atoms with Crippen molar-refractivity contribution in [2.24, 2.45) is 0 Å². The molecule has 1 aliphatic heterocycles. The molecule has 29 heavy (non-hydrogen) atoms. The van der Waals surface area contributed by atoms with Crippen LogP contribution in [0.4, 0.5) is 5.69 Å². The van der Waals surface area contributed by atoms with Crippen LogP contribution < -0.4 is 5.32 Å². The number of carbonyl (C=O) groups is 2. The van der Waals surface area contributed by atoms with Gasteiger partial charge in [0.2, 0.25) is 5.91 Å². The number of carbonyl (C=O) groups excluding carboxylic acids is 2. The standard InChI is InChI=1S/C23H22N2O2S2/c1-15-9-10-19(17(3)11-15)24-21(26)14-25-22(27)20(29-23(25)28)13-16(2)12-18-7-5-4-6-8-18/h4-13H,14H2,1-3H3,(H,24,26)/b16-12+,20-13-. The van der Waals surface area contributed by atoms with Crippen LogP contribution in [0.3, 0.4) is 0 Å². The van der Waals surface area contributed by atoms with Crippen LogP contribution in [0.15, 0.2) is 65.1 Å². The molecule has 1 fully saturated rings. The fourth-order valence-corrected chi connectivity index (χ4v) is 4.29. The zero-order valence-electron chi connectivity index (χ0n) is 16.6. The molecule has 0 radical (unpaired) electrons. The number of thiocarbonyl (C=S) groups is 1. The minimum Gasteiger partial charge on any atom is -0.324 e. The number of aryl methyl sites for hydroxylation is 2. The molecule has 0 atom stereocenters. The quantitative estimate of drug-likeness (QED) is 0.539. The number of benzene rings is 2. The van der Waals surface area contributed by atoms with E-state index >= 15 is 0 Å². The lowest BCUT2D eigenvalue weighted by atomic mass is 10.1. The normalized spacial score (nSPS) is 15.9. The Bertz CT molecular complexity index is 1030. The van der Waals surface area contributed by atoms with Gasteiger partial charge < -0.3 is 5.32 Å². The first-order chi connectivity index (χ1) is 13.8. The van der Waals surface area contributed by atoms with E-state index in [0.29, 0.717) is 9.23 Å². The maximum Gasteiger partial charge on any atom is 0.266 e. The predicted octanol–water partition coefficient (Wildman–Crippen LogP) is 5.09. The first kappa shape index (κ1) is 21.0. The molecule has 0 aliphatic carbocycles. The average Bonchev–Trinajstić information content (AvgIpc) is 2.92. The van der Waals surface area contributed by atoms with Crippen LogP contribution in [0, 0.1) is 13.8 Å². The van der Waals surface area contributed by atoms with Gasteiger partial charge in [0.25, 0.3) is 5.91 Å². The molecule has 1 aliphatic rings. The van der Waals surface area contributed by atoms with Crippen molar-refractivity contribution in [3.05, 3.63) is 81.8 Å². The largest absolute Gasteiger partial charge is 0.324 e. The number of hydrogen-bond acceptors (Lipinski definition) is 4. The molecule has 1 heterocycles. The van der Waals surface area contributed by atoms with Crippen molar-refractivity contribution in [1.29, 1.82) is 0 Å². The molecule has 2 amide bonds. The number of nitrogens with zero attached hydrogens (tertiary/aromatic N) is 1. The lowest BCUT2D eigenvalue weighted by Crippen LogP contribution is -2.36. The van der Waals surface area contributed by atoms with Gasteiger partial charge in [-0.3, -0.25) is 14.5 Å². The van der Waals surface area contributed by atoms with E-state index in [0.717, 1.165) is 28.0 Å². The van der Waals surface area contributed by atoms with Gasteiger partial charge in [-0.25, -0.2) is 0 Å². The second kappa shape index (κ2) is 9.20. The fraction of sp³-hybridized carbons (Fsp3) is 0.174. The molecule has 148 valence electrons. The lowest BCUT2D eigenvalue weighted by Gasteiger charge is -2.15. The molecule has 0 bridgehead atoms. The van der Waals surface area contributed by atoms with E-state index in [-0.39, 0.29) is 18.4 Å². The summed E-state index contributed by atoms with van der Waals surface area (Å²) < 4.78 is 0.393. The molecular weight excluding hydrogens is 400 g/mol. The van der Waals surface area contributed by atoms with Gasteiger partial charge in [-0.05, 0) is 49.6 Å². The number of thioether (sulfide) groups is 1. The molecule has 2 aromatic carbocycles. The summed E-state index contributed by atoms with van der Waals surface area (Å²) in [6, 6.07) is 15.7. The van der Waals surface area contributed by atoms with Crippen LogP contribution in [0.1, 0.15) is 23.6 Å². The highest BCUT2D eigenvalue weighted by Gasteiger charge is 2.33. The number of anilines is 1. The third-order valence-corrected chi connectivity index (χ3v) is 5.76. The lowest BCUT2D eigenvalue weighted by molar-refractivity contribution is -0.126. The van der Waals surface area contributed by atoms with E-state index in [1.807, 2.05) is 81.5 Å². The Labute approximate surface area is 180 Å². The molecule has 1 N–H and O–H groups in total. The molecule has 6 heteroatoms. The van der Waals surface area contributed by atoms with Gasteiger partial charge in [-0.2, -0.15) is 0 Å². The van der Waals surface area contributed by atoms with E-state index in [4.69, 9.17) is 12.2 Å². The second-order valence-electron chi connectivity index (χ2n) is 6.93. The van der Waals surface area contributed by atoms with Crippen molar-refractivity contribution in [1.82, 2.24) is 4.90 Å². The van der Waals surface area contributed by atoms with E-state index in [1.165, 1.54) is 16.7 Å². The van der Waals surface area contributed by atoms with Crippen molar-refractivity contribution in [2.45, 2.75) is 20.8 Å². The molecule has 0 aromatic heterocycles. The summed E-state index contributed by atoms with van der Waals surface area (Å²) in [5, 5.41) is 2.86. The summed E-state index contributed by atoms with van der Waals surface area (Å²) in [7, 11) is 0. The molecule has 0 spiro atoms. The van der Waals surface area contributed by atoms with E-state index in [1.54, 1.807) is 0 Å². The fourth-order valence-electron chi connectivity index (χ4n) is 2.98. The number of nitrogens with one attached hydrogen (secondary N) is 1. The summed E-state index contributed by atoms with van der Waals surface area (Å²) in [5.41, 5.74) is 4.84. The highest BCUT2D eigenvalue weighted by atomic mass is 32.2. The van der Waals surface area contributed by atoms with Crippen molar-refractivity contribution in [3.63, 3.8) is 0 Å². The molecule has 0 unspecified atom stereocenters. The zero-order valence-corrected chi connectivity index (χ0v) is 18.2. The van der Waals surface area contributed by atoms with Crippen LogP contribution in [0.5, 0.6) is 0 Å². The van der Waals surface area contributed by atoms with Gasteiger partial charge in [-0.1, -0.05) is 78.1 Å². The highest BCUT2D eigenvalue weighted by molar-refractivity contribution is 8.26. The second-order valence-corrected chi connectivity index (χ2v) is 8.61. The maximum atomic E-state index is 12.7. The molecule has 2 aromatic rings. The van der Waals surface area contributed by atoms with Gasteiger partial charge in [0.1, 0.15) is 10.9 Å². The van der Waals surface area contributed by atoms with E-state index < -0.39 is 0 Å². The Hall–Kier alpha value is -2.70. The predicted molar refractivity (Wildman–Crippen MR) is 125 cm³/mol. The number of hydrogen-bond donors (Lipinski definition) is 1. The zero-order chi connectivity index (χ0) is 21.0. The summed E-state index contributed by atoms with van der Waals surface area (Å²) in [5.74, 6) is -0.511. The Morgan fingerprint density at radius 3 is 2.59 bits per heavy atom. The Morgan fingerprint density at radius 1 is 1.17 bits per heavy atom. The number of rotatable bonds is 5. The van der Waals surface area contributed by atoms with E-state index in [2.05, 4.69) is 5.32 Å². The minimum atomic E-state index is -0.272. The monoisotopic (exact) mass is 422 g/mol. The summed E-state index contributed by atoms with van der Waals surface area (Å²) in [4.78, 5) is 27.1. The van der Waals surface area contributed by atoms with Crippen LogP contribution in [0.2, 0.25) is 0 Å². The molecule has 4 nitrogen and oxygen atoms in total. The summed E-state index contributed by atoms with van der Waals surface area (Å²) in [6.45, 7) is 5.77. The molecule has 0 saturated carbocycles. The van der Waals surface area contributed by atoms with E-state index in [9.17, 15) is 9.59 Å². The van der Waals surface area contributed by atoms with Crippen LogP contribution in [-0.4, -0.2) is 27.6 Å². The highest BCUT2D eigenvalue weighted by Crippen LogP contribution is 2.32. The van der Waals surface area contributed by atoms with Crippen molar-refractivity contribution in [3.8, 4) is 0 Å². The van der Waals surface area contributed by atoms with Crippen LogP contribution >= 0.6 is 24.0 Å². The first-order valence-corrected chi connectivity index (χ1v) is 10.4. The smallest absolute Gasteiger partial charge is 0.266 e. The van der Waals surface area contributed by atoms with Gasteiger partial charge >= 0.3 is 0 Å². The Kier molecular flexibility index (Phi) is 6.67. The van der Waals surface area contributed by atoms with Gasteiger partial charge in [-0.15, -0.1) is 0 Å². The third-order valence-electron chi connectivity index (χ3n) is 4.38. The van der Waals surface area contributed by atoms with Gasteiger partial charge in [0, 0.05) is 5.69 Å². The number of allylic oxidation sites excluding steroid dienone is 2. The van der Waals surface area contributed by atoms with Crippen LogP contribution in [0.25, 0.3) is 6.08 Å². The summed E-state index contributed by atoms with van der Waals surface area (Å²) >= 11 is 6.55. The SMILES string of the molecule is CC(/C=C1\SC(=S)N(CC(=O)Nc2ccc(C)cc2C)C1=O)=C\c1ccccc1. The summed E-state index contributed by atoms with van der Waals surface area (Å²) in [6.07, 6.45) is 3.81. The van der Waals surface area contributed by atoms with Gasteiger partial charge in [0.15, 0.2) is 0 Å². The third kappa shape index (κ3) is 5.43. The van der Waals surface area contributed by atoms with Gasteiger partial charge in [0.05, 0.1) is 4.91 Å². The number of amides is 2. The maximum absolute atomic E-state index is 12.7. The topological polar surface area (TPSA) is 49.4 Å².